The Morgan fingerprint density at radius 1 is 1.14 bits per heavy atom. The Morgan fingerprint density at radius 3 is 2.43 bits per heavy atom. The number of halogens is 3. The second-order valence-electron chi connectivity index (χ2n) is 4.44. The van der Waals surface area contributed by atoms with Crippen LogP contribution in [0.25, 0.3) is 0 Å². The molecule has 0 bridgehead atoms. The highest BCUT2D eigenvalue weighted by Crippen LogP contribution is 2.39. The van der Waals surface area contributed by atoms with E-state index in [1.54, 1.807) is 25.1 Å². The molecule has 0 aromatic heterocycles. The van der Waals surface area contributed by atoms with Crippen molar-refractivity contribution >= 4 is 5.69 Å². The number of benzene rings is 2. The Hall–Kier alpha value is -2.68. The highest BCUT2D eigenvalue weighted by molar-refractivity contribution is 5.51. The number of rotatable bonds is 2. The van der Waals surface area contributed by atoms with Crippen molar-refractivity contribution in [3.05, 3.63) is 53.1 Å². The molecule has 0 saturated carbocycles. The van der Waals surface area contributed by atoms with Gasteiger partial charge in [0.25, 0.3) is 0 Å². The smallest absolute Gasteiger partial charge is 0.420 e. The Bertz CT molecular complexity index is 718. The van der Waals surface area contributed by atoms with E-state index >= 15 is 0 Å². The molecule has 0 atom stereocenters. The van der Waals surface area contributed by atoms with Crippen LogP contribution in [0, 0.1) is 18.3 Å². The van der Waals surface area contributed by atoms with Gasteiger partial charge in [0.15, 0.2) is 0 Å². The van der Waals surface area contributed by atoms with Crippen LogP contribution in [0.15, 0.2) is 36.4 Å². The molecule has 2 rings (SSSR count). The van der Waals surface area contributed by atoms with E-state index in [1.165, 1.54) is 12.1 Å². The molecule has 0 radical (unpaired) electrons. The minimum atomic E-state index is -4.61. The number of ether oxygens (including phenoxy) is 1. The van der Waals surface area contributed by atoms with Gasteiger partial charge in [-0.25, -0.2) is 0 Å². The third kappa shape index (κ3) is 3.26. The molecule has 0 aliphatic rings. The van der Waals surface area contributed by atoms with Crippen molar-refractivity contribution in [3.8, 4) is 17.6 Å². The van der Waals surface area contributed by atoms with Gasteiger partial charge in [-0.1, -0.05) is 0 Å². The summed E-state index contributed by atoms with van der Waals surface area (Å²) in [5, 5.41) is 8.70. The molecule has 108 valence electrons. The van der Waals surface area contributed by atoms with Crippen LogP contribution in [0.1, 0.15) is 16.7 Å². The Balaban J connectivity index is 2.44. The van der Waals surface area contributed by atoms with Crippen LogP contribution < -0.4 is 10.5 Å². The van der Waals surface area contributed by atoms with E-state index in [-0.39, 0.29) is 17.1 Å². The molecule has 0 saturated heterocycles. The zero-order chi connectivity index (χ0) is 15.6. The maximum absolute atomic E-state index is 13.0. The van der Waals surface area contributed by atoms with Crippen molar-refractivity contribution in [1.82, 2.24) is 0 Å². The molecule has 2 aromatic rings. The number of nitrogens with zero attached hydrogens (tertiary/aromatic N) is 1. The number of alkyl halides is 3. The van der Waals surface area contributed by atoms with E-state index < -0.39 is 11.7 Å². The lowest BCUT2D eigenvalue weighted by Gasteiger charge is -2.14. The van der Waals surface area contributed by atoms with Crippen molar-refractivity contribution in [2.75, 3.05) is 5.73 Å². The lowest BCUT2D eigenvalue weighted by molar-refractivity contribution is -0.138. The van der Waals surface area contributed by atoms with Crippen LogP contribution in [-0.4, -0.2) is 0 Å². The fourth-order valence-electron chi connectivity index (χ4n) is 1.75. The van der Waals surface area contributed by atoms with Crippen LogP contribution in [-0.2, 0) is 6.18 Å². The molecule has 2 aromatic carbocycles. The Labute approximate surface area is 119 Å². The third-order valence-electron chi connectivity index (χ3n) is 2.88. The molecule has 0 heterocycles. The number of nitrogen functional groups attached to an aromatic ring is 1. The van der Waals surface area contributed by atoms with E-state index in [0.29, 0.717) is 11.3 Å². The van der Waals surface area contributed by atoms with Crippen molar-refractivity contribution in [3.63, 3.8) is 0 Å². The van der Waals surface area contributed by atoms with E-state index in [9.17, 15) is 13.2 Å². The zero-order valence-corrected chi connectivity index (χ0v) is 11.0. The molecular weight excluding hydrogens is 281 g/mol. The van der Waals surface area contributed by atoms with E-state index in [0.717, 1.165) is 12.1 Å². The second-order valence-corrected chi connectivity index (χ2v) is 4.44. The molecule has 0 amide bonds. The quantitative estimate of drug-likeness (QED) is 0.841. The number of nitrogens with two attached hydrogens (primary N) is 1. The Morgan fingerprint density at radius 2 is 1.86 bits per heavy atom. The van der Waals surface area contributed by atoms with Crippen molar-refractivity contribution in [1.29, 1.82) is 5.26 Å². The summed E-state index contributed by atoms with van der Waals surface area (Å²) < 4.78 is 44.3. The number of hydrogen-bond acceptors (Lipinski definition) is 3. The second kappa shape index (κ2) is 5.37. The van der Waals surface area contributed by atoms with Gasteiger partial charge in [-0.2, -0.15) is 18.4 Å². The average molecular weight is 292 g/mol. The summed E-state index contributed by atoms with van der Waals surface area (Å²) in [4.78, 5) is 0. The number of hydrogen-bond donors (Lipinski definition) is 1. The molecular formula is C15H11F3N2O. The van der Waals surface area contributed by atoms with Crippen molar-refractivity contribution in [2.24, 2.45) is 0 Å². The van der Waals surface area contributed by atoms with Gasteiger partial charge < -0.3 is 10.5 Å². The standard InChI is InChI=1S/C15H11F3N2O/c1-9-6-11(3-4-13(9)20)21-14-5-2-10(8-19)7-12(14)15(16,17)18/h2-7H,20H2,1H3. The first-order chi connectivity index (χ1) is 9.81. The number of nitriles is 1. The fourth-order valence-corrected chi connectivity index (χ4v) is 1.75. The molecule has 0 spiro atoms. The van der Waals surface area contributed by atoms with Crippen LogP contribution in [0.2, 0.25) is 0 Å². The first kappa shape index (κ1) is 14.7. The summed E-state index contributed by atoms with van der Waals surface area (Å²) in [5.74, 6) is -0.109. The Kier molecular flexibility index (Phi) is 3.76. The SMILES string of the molecule is Cc1cc(Oc2ccc(C#N)cc2C(F)(F)F)ccc1N. The number of aryl methyl sites for hydroxylation is 1. The van der Waals surface area contributed by atoms with Gasteiger partial charge in [0.1, 0.15) is 11.5 Å². The molecule has 6 heteroatoms. The molecule has 3 nitrogen and oxygen atoms in total. The average Bonchev–Trinajstić information content (AvgIpc) is 2.42. The summed E-state index contributed by atoms with van der Waals surface area (Å²) in [7, 11) is 0. The number of anilines is 1. The lowest BCUT2D eigenvalue weighted by Crippen LogP contribution is -2.07. The van der Waals surface area contributed by atoms with Gasteiger partial charge in [0.05, 0.1) is 17.2 Å². The predicted molar refractivity (Wildman–Crippen MR) is 71.8 cm³/mol. The molecule has 0 unspecified atom stereocenters. The van der Waals surface area contributed by atoms with Gasteiger partial charge in [-0.15, -0.1) is 0 Å². The minimum absolute atomic E-state index is 0.0804. The van der Waals surface area contributed by atoms with Crippen LogP contribution in [0.5, 0.6) is 11.5 Å². The largest absolute Gasteiger partial charge is 0.457 e. The predicted octanol–water partition coefficient (Wildman–Crippen LogP) is 4.26. The summed E-state index contributed by atoms with van der Waals surface area (Å²) in [6.45, 7) is 1.73. The summed E-state index contributed by atoms with van der Waals surface area (Å²) >= 11 is 0. The molecule has 0 fully saturated rings. The molecule has 2 N–H and O–H groups in total. The van der Waals surface area contributed by atoms with Crippen molar-refractivity contribution in [2.45, 2.75) is 13.1 Å². The van der Waals surface area contributed by atoms with Gasteiger partial charge in [-0.3, -0.25) is 0 Å². The van der Waals surface area contributed by atoms with Gasteiger partial charge >= 0.3 is 6.18 Å². The van der Waals surface area contributed by atoms with Gasteiger partial charge in [0, 0.05) is 5.69 Å². The van der Waals surface area contributed by atoms with Gasteiger partial charge in [0.2, 0.25) is 0 Å². The summed E-state index contributed by atoms with van der Waals surface area (Å²) in [6.07, 6.45) is -4.61. The van der Waals surface area contributed by atoms with Crippen LogP contribution >= 0.6 is 0 Å². The minimum Gasteiger partial charge on any atom is -0.457 e. The highest BCUT2D eigenvalue weighted by Gasteiger charge is 2.35. The normalized spacial score (nSPS) is 11.0. The van der Waals surface area contributed by atoms with E-state index in [2.05, 4.69) is 0 Å². The van der Waals surface area contributed by atoms with Crippen LogP contribution in [0.3, 0.4) is 0 Å². The first-order valence-corrected chi connectivity index (χ1v) is 5.96. The van der Waals surface area contributed by atoms with E-state index in [4.69, 9.17) is 15.7 Å². The monoisotopic (exact) mass is 292 g/mol. The maximum Gasteiger partial charge on any atom is 0.420 e. The summed E-state index contributed by atoms with van der Waals surface area (Å²) in [6, 6.07) is 9.44. The highest BCUT2D eigenvalue weighted by atomic mass is 19.4. The lowest BCUT2D eigenvalue weighted by atomic mass is 10.1. The summed E-state index contributed by atoms with van der Waals surface area (Å²) in [5.41, 5.74) is 5.81. The van der Waals surface area contributed by atoms with E-state index in [1.807, 2.05) is 0 Å². The van der Waals surface area contributed by atoms with Crippen LogP contribution in [0.4, 0.5) is 18.9 Å². The van der Waals surface area contributed by atoms with Gasteiger partial charge in [-0.05, 0) is 48.9 Å². The maximum atomic E-state index is 13.0. The van der Waals surface area contributed by atoms with Crippen molar-refractivity contribution < 1.29 is 17.9 Å². The molecule has 21 heavy (non-hydrogen) atoms. The third-order valence-corrected chi connectivity index (χ3v) is 2.88. The molecule has 0 aliphatic heterocycles. The topological polar surface area (TPSA) is 59.0 Å². The zero-order valence-electron chi connectivity index (χ0n) is 11.0. The first-order valence-electron chi connectivity index (χ1n) is 5.96. The fraction of sp³-hybridized carbons (Fsp3) is 0.133. The molecule has 0 aliphatic carbocycles.